The van der Waals surface area contributed by atoms with Crippen molar-refractivity contribution in [1.82, 2.24) is 0 Å². The van der Waals surface area contributed by atoms with E-state index in [0.29, 0.717) is 22.9 Å². The largest absolute Gasteiger partial charge is 0.497 e. The van der Waals surface area contributed by atoms with Crippen molar-refractivity contribution in [1.29, 1.82) is 0 Å². The summed E-state index contributed by atoms with van der Waals surface area (Å²) in [5, 5.41) is 5.14. The summed E-state index contributed by atoms with van der Waals surface area (Å²) < 4.78 is 41.0. The molecular weight excluding hydrogens is 336 g/mol. The first kappa shape index (κ1) is 17.6. The predicted molar refractivity (Wildman–Crippen MR) is 88.4 cm³/mol. The number of hydrogen-bond donors (Lipinski definition) is 3. The minimum absolute atomic E-state index is 0.258. The van der Waals surface area contributed by atoms with Crippen LogP contribution in [0.2, 0.25) is 0 Å². The van der Waals surface area contributed by atoms with Crippen LogP contribution in [-0.4, -0.2) is 33.2 Å². The van der Waals surface area contributed by atoms with Gasteiger partial charge in [0.25, 0.3) is 10.1 Å². The van der Waals surface area contributed by atoms with E-state index in [1.807, 2.05) is 0 Å². The lowest BCUT2D eigenvalue weighted by Gasteiger charge is -2.11. The summed E-state index contributed by atoms with van der Waals surface area (Å²) in [6, 6.07) is 9.43. The molecule has 0 bridgehead atoms. The fraction of sp³-hybridized carbons (Fsp3) is 0.133. The summed E-state index contributed by atoms with van der Waals surface area (Å²) in [7, 11) is -1.28. The van der Waals surface area contributed by atoms with Crippen molar-refractivity contribution < 1.29 is 27.2 Å². The van der Waals surface area contributed by atoms with Gasteiger partial charge in [-0.1, -0.05) is 0 Å². The Kier molecular flexibility index (Phi) is 5.27. The molecule has 2 amide bonds. The van der Waals surface area contributed by atoms with E-state index in [1.54, 1.807) is 18.2 Å². The molecule has 128 valence electrons. The third-order valence-electron chi connectivity index (χ3n) is 3.02. The number of nitrogens with one attached hydrogen (secondary N) is 2. The van der Waals surface area contributed by atoms with Gasteiger partial charge in [0.1, 0.15) is 11.5 Å². The Morgan fingerprint density at radius 1 is 0.917 bits per heavy atom. The van der Waals surface area contributed by atoms with Crippen molar-refractivity contribution in [2.45, 2.75) is 4.90 Å². The Morgan fingerprint density at radius 3 is 1.88 bits per heavy atom. The SMILES string of the molecule is COc1cc(NC(=O)Nc2ccc(S(=O)(=O)O)cc2)cc(OC)c1. The molecule has 0 atom stereocenters. The Bertz CT molecular complexity index is 811. The fourth-order valence-electron chi connectivity index (χ4n) is 1.88. The van der Waals surface area contributed by atoms with Gasteiger partial charge in [-0.15, -0.1) is 0 Å². The number of methoxy groups -OCH3 is 2. The van der Waals surface area contributed by atoms with Crippen LogP contribution in [0, 0.1) is 0 Å². The molecule has 9 heteroatoms. The predicted octanol–water partition coefficient (Wildman–Crippen LogP) is 2.59. The summed E-state index contributed by atoms with van der Waals surface area (Å²) in [6.07, 6.45) is 0. The van der Waals surface area contributed by atoms with Gasteiger partial charge in [-0.3, -0.25) is 4.55 Å². The normalized spacial score (nSPS) is 10.8. The van der Waals surface area contributed by atoms with E-state index in [-0.39, 0.29) is 4.90 Å². The standard InChI is InChI=1S/C15H16N2O6S/c1-22-12-7-11(8-13(9-12)23-2)17-15(18)16-10-3-5-14(6-4-10)24(19,20)21/h3-9H,1-2H3,(H2,16,17,18)(H,19,20,21). The quantitative estimate of drug-likeness (QED) is 0.713. The summed E-state index contributed by atoms with van der Waals surface area (Å²) in [6.45, 7) is 0. The molecule has 2 rings (SSSR count). The van der Waals surface area contributed by atoms with E-state index < -0.39 is 16.1 Å². The number of hydrogen-bond acceptors (Lipinski definition) is 5. The highest BCUT2D eigenvalue weighted by Crippen LogP contribution is 2.26. The van der Waals surface area contributed by atoms with Crippen LogP contribution < -0.4 is 20.1 Å². The topological polar surface area (TPSA) is 114 Å². The van der Waals surface area contributed by atoms with Crippen LogP contribution in [0.25, 0.3) is 0 Å². The first-order valence-corrected chi connectivity index (χ1v) is 8.14. The van der Waals surface area contributed by atoms with Gasteiger partial charge in [-0.25, -0.2) is 4.79 Å². The molecule has 3 N–H and O–H groups in total. The van der Waals surface area contributed by atoms with Gasteiger partial charge in [-0.05, 0) is 24.3 Å². The van der Waals surface area contributed by atoms with Crippen LogP contribution in [0.5, 0.6) is 11.5 Å². The first-order chi connectivity index (χ1) is 11.3. The number of ether oxygens (including phenoxy) is 2. The summed E-state index contributed by atoms with van der Waals surface area (Å²) in [5.41, 5.74) is 0.813. The molecule has 0 unspecified atom stereocenters. The number of amides is 2. The zero-order valence-electron chi connectivity index (χ0n) is 12.9. The van der Waals surface area contributed by atoms with E-state index >= 15 is 0 Å². The molecule has 0 heterocycles. The third-order valence-corrected chi connectivity index (χ3v) is 3.89. The van der Waals surface area contributed by atoms with Crippen molar-refractivity contribution in [3.63, 3.8) is 0 Å². The summed E-state index contributed by atoms with van der Waals surface area (Å²) in [5.74, 6) is 1.03. The summed E-state index contributed by atoms with van der Waals surface area (Å²) in [4.78, 5) is 11.7. The molecule has 0 radical (unpaired) electrons. The molecule has 2 aromatic carbocycles. The molecule has 0 aliphatic carbocycles. The van der Waals surface area contributed by atoms with Gasteiger partial charge >= 0.3 is 6.03 Å². The number of benzene rings is 2. The Labute approximate surface area is 139 Å². The van der Waals surface area contributed by atoms with Gasteiger partial charge in [0, 0.05) is 29.6 Å². The molecule has 0 aliphatic heterocycles. The van der Waals surface area contributed by atoms with Gasteiger partial charge < -0.3 is 20.1 Å². The molecule has 0 saturated heterocycles. The summed E-state index contributed by atoms with van der Waals surface area (Å²) >= 11 is 0. The Balaban J connectivity index is 2.08. The zero-order valence-corrected chi connectivity index (χ0v) is 13.8. The molecule has 24 heavy (non-hydrogen) atoms. The molecule has 0 aliphatic rings. The fourth-order valence-corrected chi connectivity index (χ4v) is 2.36. The Hall–Kier alpha value is -2.78. The monoisotopic (exact) mass is 352 g/mol. The average molecular weight is 352 g/mol. The molecule has 0 spiro atoms. The minimum atomic E-state index is -4.27. The second kappa shape index (κ2) is 7.20. The zero-order chi connectivity index (χ0) is 17.7. The number of urea groups is 1. The highest BCUT2D eigenvalue weighted by molar-refractivity contribution is 7.85. The van der Waals surface area contributed by atoms with Crippen molar-refractivity contribution >= 4 is 27.5 Å². The van der Waals surface area contributed by atoms with Crippen molar-refractivity contribution in [2.75, 3.05) is 24.9 Å². The second-order valence-corrected chi connectivity index (χ2v) is 6.10. The second-order valence-electron chi connectivity index (χ2n) is 4.68. The van der Waals surface area contributed by atoms with E-state index in [4.69, 9.17) is 14.0 Å². The lowest BCUT2D eigenvalue weighted by Crippen LogP contribution is -2.19. The number of carbonyl (C=O) groups excluding carboxylic acids is 1. The molecule has 2 aromatic rings. The van der Waals surface area contributed by atoms with Gasteiger partial charge in [-0.2, -0.15) is 8.42 Å². The van der Waals surface area contributed by atoms with E-state index in [2.05, 4.69) is 10.6 Å². The first-order valence-electron chi connectivity index (χ1n) is 6.70. The molecule has 8 nitrogen and oxygen atoms in total. The highest BCUT2D eigenvalue weighted by atomic mass is 32.2. The van der Waals surface area contributed by atoms with Crippen LogP contribution >= 0.6 is 0 Å². The lowest BCUT2D eigenvalue weighted by atomic mass is 10.2. The van der Waals surface area contributed by atoms with Crippen LogP contribution in [-0.2, 0) is 10.1 Å². The van der Waals surface area contributed by atoms with E-state index in [9.17, 15) is 13.2 Å². The molecule has 0 aromatic heterocycles. The van der Waals surface area contributed by atoms with Crippen LogP contribution in [0.4, 0.5) is 16.2 Å². The smallest absolute Gasteiger partial charge is 0.323 e. The molecule has 0 saturated carbocycles. The highest BCUT2D eigenvalue weighted by Gasteiger charge is 2.10. The Morgan fingerprint density at radius 2 is 1.42 bits per heavy atom. The van der Waals surface area contributed by atoms with Crippen LogP contribution in [0.1, 0.15) is 0 Å². The van der Waals surface area contributed by atoms with Crippen molar-refractivity contribution in [3.05, 3.63) is 42.5 Å². The molecule has 0 fully saturated rings. The number of rotatable bonds is 5. The van der Waals surface area contributed by atoms with E-state index in [0.717, 1.165) is 0 Å². The van der Waals surface area contributed by atoms with Crippen molar-refractivity contribution in [2.24, 2.45) is 0 Å². The van der Waals surface area contributed by atoms with Gasteiger partial charge in [0.2, 0.25) is 0 Å². The lowest BCUT2D eigenvalue weighted by molar-refractivity contribution is 0.262. The van der Waals surface area contributed by atoms with Crippen LogP contribution in [0.15, 0.2) is 47.4 Å². The maximum absolute atomic E-state index is 12.0. The number of carbonyl (C=O) groups is 1. The van der Waals surface area contributed by atoms with Crippen LogP contribution in [0.3, 0.4) is 0 Å². The maximum atomic E-state index is 12.0. The third kappa shape index (κ3) is 4.61. The van der Waals surface area contributed by atoms with Crippen molar-refractivity contribution in [3.8, 4) is 11.5 Å². The van der Waals surface area contributed by atoms with E-state index in [1.165, 1.54) is 38.5 Å². The average Bonchev–Trinajstić information content (AvgIpc) is 2.53. The van der Waals surface area contributed by atoms with Gasteiger partial charge in [0.15, 0.2) is 0 Å². The molecular formula is C15H16N2O6S. The maximum Gasteiger partial charge on any atom is 0.323 e. The minimum Gasteiger partial charge on any atom is -0.497 e. The number of anilines is 2. The van der Waals surface area contributed by atoms with Gasteiger partial charge in [0.05, 0.1) is 19.1 Å².